The molecule has 1 unspecified atom stereocenters. The van der Waals surface area contributed by atoms with E-state index in [-0.39, 0.29) is 17.2 Å². The van der Waals surface area contributed by atoms with Crippen molar-refractivity contribution in [2.24, 2.45) is 0 Å². The van der Waals surface area contributed by atoms with E-state index in [1.54, 1.807) is 0 Å². The maximum Gasteiger partial charge on any atom is 0.332 e. The van der Waals surface area contributed by atoms with Crippen LogP contribution in [0.5, 0.6) is 0 Å². The van der Waals surface area contributed by atoms with Gasteiger partial charge in [-0.05, 0) is 18.9 Å². The summed E-state index contributed by atoms with van der Waals surface area (Å²) in [7, 11) is 1.42. The summed E-state index contributed by atoms with van der Waals surface area (Å²) in [5.41, 5.74) is -1.07. The van der Waals surface area contributed by atoms with Crippen LogP contribution in [0, 0.1) is 0 Å². The van der Waals surface area contributed by atoms with Gasteiger partial charge in [0, 0.05) is 26.0 Å². The fraction of sp³-hybridized carbons (Fsp3) is 0.462. The van der Waals surface area contributed by atoms with Gasteiger partial charge in [0.05, 0.1) is 17.2 Å². The minimum Gasteiger partial charge on any atom is -0.479 e. The van der Waals surface area contributed by atoms with Crippen molar-refractivity contribution in [3.63, 3.8) is 0 Å². The first-order valence-corrected chi connectivity index (χ1v) is 6.54. The van der Waals surface area contributed by atoms with Crippen LogP contribution in [0.25, 0.3) is 0 Å². The molecule has 1 saturated heterocycles. The van der Waals surface area contributed by atoms with E-state index in [0.717, 1.165) is 0 Å². The van der Waals surface area contributed by atoms with E-state index in [9.17, 15) is 14.7 Å². The van der Waals surface area contributed by atoms with Crippen molar-refractivity contribution in [3.8, 4) is 0 Å². The lowest BCUT2D eigenvalue weighted by molar-refractivity contribution is -0.151. The predicted octanol–water partition coefficient (Wildman–Crippen LogP) is 1.44. The molecule has 0 radical (unpaired) electrons. The molecule has 0 bridgehead atoms. The van der Waals surface area contributed by atoms with Gasteiger partial charge in [0.15, 0.2) is 5.54 Å². The smallest absolute Gasteiger partial charge is 0.332 e. The maximum atomic E-state index is 12.6. The molecule has 1 fully saturated rings. The van der Waals surface area contributed by atoms with Gasteiger partial charge >= 0.3 is 5.97 Å². The van der Waals surface area contributed by atoms with Crippen molar-refractivity contribution in [2.45, 2.75) is 18.4 Å². The summed E-state index contributed by atoms with van der Waals surface area (Å²) in [4.78, 5) is 29.3. The number of hydrogen-bond acceptors (Lipinski definition) is 4. The zero-order valence-corrected chi connectivity index (χ0v) is 11.8. The molecule has 7 heteroatoms. The predicted molar refractivity (Wildman–Crippen MR) is 71.8 cm³/mol. The number of methoxy groups -OCH3 is 1. The van der Waals surface area contributed by atoms with E-state index in [4.69, 9.17) is 16.3 Å². The molecule has 0 saturated carbocycles. The fourth-order valence-electron chi connectivity index (χ4n) is 2.54. The molecule has 1 aliphatic heterocycles. The van der Waals surface area contributed by atoms with E-state index in [1.807, 2.05) is 0 Å². The second-order valence-electron chi connectivity index (χ2n) is 4.69. The number of carbonyl (C=O) groups excluding carboxylic acids is 1. The molecule has 2 heterocycles. The van der Waals surface area contributed by atoms with Crippen molar-refractivity contribution in [2.75, 3.05) is 20.3 Å². The highest BCUT2D eigenvalue weighted by molar-refractivity contribution is 6.33. The van der Waals surface area contributed by atoms with Gasteiger partial charge in [-0.25, -0.2) is 4.79 Å². The standard InChI is InChI=1S/C13H15ClN2O4/c1-20-8-13(12(18)19)4-2-6-16(13)11(17)9-3-5-15-7-10(9)14/h3,5,7H,2,4,6,8H2,1H3,(H,18,19). The number of aliphatic carboxylic acids is 1. The molecule has 108 valence electrons. The molecular formula is C13H15ClN2O4. The zero-order valence-electron chi connectivity index (χ0n) is 11.0. The second kappa shape index (κ2) is 5.76. The van der Waals surface area contributed by atoms with Crippen LogP contribution in [0.2, 0.25) is 5.02 Å². The zero-order chi connectivity index (χ0) is 14.8. The summed E-state index contributed by atoms with van der Waals surface area (Å²) < 4.78 is 5.02. The number of amides is 1. The summed E-state index contributed by atoms with van der Waals surface area (Å²) in [6.07, 6.45) is 3.80. The van der Waals surface area contributed by atoms with Crippen molar-refractivity contribution in [1.29, 1.82) is 0 Å². The van der Waals surface area contributed by atoms with Gasteiger partial charge in [-0.3, -0.25) is 9.78 Å². The van der Waals surface area contributed by atoms with Crippen LogP contribution in [-0.2, 0) is 9.53 Å². The number of hydrogen-bond donors (Lipinski definition) is 1. The molecule has 1 atom stereocenters. The SMILES string of the molecule is COCC1(C(=O)O)CCCN1C(=O)c1ccncc1Cl. The number of carboxylic acid groups (broad SMARTS) is 1. The van der Waals surface area contributed by atoms with E-state index >= 15 is 0 Å². The van der Waals surface area contributed by atoms with Crippen LogP contribution < -0.4 is 0 Å². The van der Waals surface area contributed by atoms with Gasteiger partial charge in [-0.2, -0.15) is 0 Å². The minimum absolute atomic E-state index is 0.0449. The third-order valence-electron chi connectivity index (χ3n) is 3.52. The van der Waals surface area contributed by atoms with Gasteiger partial charge in [0.1, 0.15) is 0 Å². The van der Waals surface area contributed by atoms with Crippen molar-refractivity contribution in [1.82, 2.24) is 9.88 Å². The summed E-state index contributed by atoms with van der Waals surface area (Å²) in [5, 5.41) is 9.72. The molecule has 1 aromatic rings. The number of carbonyl (C=O) groups is 2. The fourth-order valence-corrected chi connectivity index (χ4v) is 2.74. The maximum absolute atomic E-state index is 12.6. The summed E-state index contributed by atoms with van der Waals surface area (Å²) in [6.45, 7) is 0.323. The number of rotatable bonds is 4. The molecule has 0 aromatic carbocycles. The lowest BCUT2D eigenvalue weighted by Gasteiger charge is -2.34. The quantitative estimate of drug-likeness (QED) is 0.910. The Bertz CT molecular complexity index is 537. The molecular weight excluding hydrogens is 284 g/mol. The number of aromatic nitrogens is 1. The average molecular weight is 299 g/mol. The molecule has 6 nitrogen and oxygen atoms in total. The van der Waals surface area contributed by atoms with Crippen LogP contribution in [0.1, 0.15) is 23.2 Å². The van der Waals surface area contributed by atoms with Crippen molar-refractivity contribution < 1.29 is 19.4 Å². The molecule has 2 rings (SSSR count). The number of nitrogens with zero attached hydrogens (tertiary/aromatic N) is 2. The first-order valence-electron chi connectivity index (χ1n) is 6.17. The van der Waals surface area contributed by atoms with Gasteiger partial charge in [-0.15, -0.1) is 0 Å². The first-order chi connectivity index (χ1) is 9.53. The normalized spacial score (nSPS) is 22.0. The highest BCUT2D eigenvalue weighted by Gasteiger charge is 2.50. The van der Waals surface area contributed by atoms with Crippen LogP contribution in [0.4, 0.5) is 0 Å². The first kappa shape index (κ1) is 14.7. The molecule has 1 N–H and O–H groups in total. The highest BCUT2D eigenvalue weighted by atomic mass is 35.5. The number of carboxylic acids is 1. The largest absolute Gasteiger partial charge is 0.479 e. The molecule has 20 heavy (non-hydrogen) atoms. The van der Waals surface area contributed by atoms with E-state index in [2.05, 4.69) is 4.98 Å². The van der Waals surface area contributed by atoms with E-state index in [0.29, 0.717) is 19.4 Å². The summed E-state index contributed by atoms with van der Waals surface area (Å²) in [5.74, 6) is -1.47. The van der Waals surface area contributed by atoms with Crippen LogP contribution in [-0.4, -0.2) is 52.7 Å². The Morgan fingerprint density at radius 3 is 2.95 bits per heavy atom. The average Bonchev–Trinajstić information content (AvgIpc) is 2.84. The Kier molecular flexibility index (Phi) is 4.25. The van der Waals surface area contributed by atoms with Crippen molar-refractivity contribution >= 4 is 23.5 Å². The third-order valence-corrected chi connectivity index (χ3v) is 3.82. The monoisotopic (exact) mass is 298 g/mol. The summed E-state index contributed by atoms with van der Waals surface area (Å²) >= 11 is 5.96. The van der Waals surface area contributed by atoms with Crippen molar-refractivity contribution in [3.05, 3.63) is 29.0 Å². The highest BCUT2D eigenvalue weighted by Crippen LogP contribution is 2.32. The Hall–Kier alpha value is -1.66. The summed E-state index contributed by atoms with van der Waals surface area (Å²) in [6, 6.07) is 1.49. The second-order valence-corrected chi connectivity index (χ2v) is 5.09. The molecule has 1 aromatic heterocycles. The van der Waals surface area contributed by atoms with Gasteiger partial charge in [0.25, 0.3) is 5.91 Å². The number of halogens is 1. The molecule has 0 aliphatic carbocycles. The molecule has 1 aliphatic rings. The van der Waals surface area contributed by atoms with Crippen LogP contribution in [0.15, 0.2) is 18.5 Å². The Balaban J connectivity index is 2.38. The van der Waals surface area contributed by atoms with Gasteiger partial charge in [-0.1, -0.05) is 11.6 Å². The Morgan fingerprint density at radius 2 is 2.35 bits per heavy atom. The third kappa shape index (κ3) is 2.36. The lowest BCUT2D eigenvalue weighted by Crippen LogP contribution is -2.56. The number of pyridine rings is 1. The van der Waals surface area contributed by atoms with Crippen LogP contribution in [0.3, 0.4) is 0 Å². The topological polar surface area (TPSA) is 79.7 Å². The van der Waals surface area contributed by atoms with Gasteiger partial charge < -0.3 is 14.7 Å². The lowest BCUT2D eigenvalue weighted by atomic mass is 9.96. The molecule has 1 amide bonds. The van der Waals surface area contributed by atoms with E-state index < -0.39 is 17.4 Å². The van der Waals surface area contributed by atoms with Crippen LogP contribution >= 0.6 is 11.6 Å². The van der Waals surface area contributed by atoms with Gasteiger partial charge in [0.2, 0.25) is 0 Å². The minimum atomic E-state index is -1.32. The van der Waals surface area contributed by atoms with E-state index in [1.165, 1.54) is 30.5 Å². The Morgan fingerprint density at radius 1 is 1.60 bits per heavy atom. The molecule has 0 spiro atoms. The Labute approximate surface area is 121 Å². The number of likely N-dealkylation sites (tertiary alicyclic amines) is 1. The number of ether oxygens (including phenoxy) is 1.